The van der Waals surface area contributed by atoms with E-state index in [4.69, 9.17) is 11.6 Å². The van der Waals surface area contributed by atoms with Gasteiger partial charge in [-0.05, 0) is 30.7 Å². The molecule has 0 aliphatic rings. The number of halogens is 4. The van der Waals surface area contributed by atoms with Crippen LogP contribution in [0.4, 0.5) is 13.2 Å². The zero-order valence-electron chi connectivity index (χ0n) is 10.5. The Balaban J connectivity index is 3.34. The first-order valence-corrected chi connectivity index (χ1v) is 5.72. The Labute approximate surface area is 118 Å². The first-order valence-electron chi connectivity index (χ1n) is 5.34. The second kappa shape index (κ2) is 6.09. The minimum absolute atomic E-state index is 0.0253. The molecule has 1 rings (SSSR count). The van der Waals surface area contributed by atoms with Crippen molar-refractivity contribution in [2.24, 2.45) is 0 Å². The molecular formula is C13H10ClF3O3. The summed E-state index contributed by atoms with van der Waals surface area (Å²) in [6.45, 7) is 1.11. The molecule has 0 fully saturated rings. The van der Waals surface area contributed by atoms with E-state index in [1.807, 2.05) is 0 Å². The molecule has 0 aromatic heterocycles. The minimum atomic E-state index is -4.62. The molecule has 0 heterocycles. The Morgan fingerprint density at radius 3 is 2.35 bits per heavy atom. The second-order valence-corrected chi connectivity index (χ2v) is 4.25. The third kappa shape index (κ3) is 3.84. The Morgan fingerprint density at radius 2 is 1.90 bits per heavy atom. The van der Waals surface area contributed by atoms with E-state index in [0.717, 1.165) is 32.2 Å². The lowest BCUT2D eigenvalue weighted by molar-refractivity contribution is -0.138. The average molecular weight is 307 g/mol. The van der Waals surface area contributed by atoms with Crippen molar-refractivity contribution in [2.75, 3.05) is 7.11 Å². The molecule has 0 aliphatic carbocycles. The van der Waals surface area contributed by atoms with Gasteiger partial charge in [-0.25, -0.2) is 4.79 Å². The molecule has 1 aromatic carbocycles. The predicted molar refractivity (Wildman–Crippen MR) is 67.1 cm³/mol. The summed E-state index contributed by atoms with van der Waals surface area (Å²) >= 11 is 5.47. The quantitative estimate of drug-likeness (QED) is 0.371. The molecule has 0 N–H and O–H groups in total. The fourth-order valence-electron chi connectivity index (χ4n) is 1.43. The van der Waals surface area contributed by atoms with Crippen LogP contribution in [0.25, 0.3) is 6.08 Å². The number of methoxy groups -OCH3 is 1. The molecule has 20 heavy (non-hydrogen) atoms. The first-order chi connectivity index (χ1) is 9.16. The summed E-state index contributed by atoms with van der Waals surface area (Å²) in [5, 5.41) is -0.461. The van der Waals surface area contributed by atoms with Crippen LogP contribution in [0.3, 0.4) is 0 Å². The van der Waals surface area contributed by atoms with Gasteiger partial charge in [0.05, 0.1) is 17.7 Å². The predicted octanol–water partition coefficient (Wildman–Crippen LogP) is 3.50. The van der Waals surface area contributed by atoms with Gasteiger partial charge in [0.1, 0.15) is 5.57 Å². The molecule has 0 saturated carbocycles. The molecule has 0 spiro atoms. The molecule has 0 amide bonds. The van der Waals surface area contributed by atoms with Gasteiger partial charge in [0.2, 0.25) is 0 Å². The number of hydrogen-bond donors (Lipinski definition) is 0. The van der Waals surface area contributed by atoms with Crippen molar-refractivity contribution in [2.45, 2.75) is 13.1 Å². The molecular weight excluding hydrogens is 297 g/mol. The minimum Gasteiger partial charge on any atom is -0.465 e. The van der Waals surface area contributed by atoms with Crippen LogP contribution < -0.4 is 0 Å². The number of benzene rings is 1. The third-order valence-corrected chi connectivity index (χ3v) is 2.72. The van der Waals surface area contributed by atoms with E-state index >= 15 is 0 Å². The van der Waals surface area contributed by atoms with E-state index in [9.17, 15) is 22.8 Å². The van der Waals surface area contributed by atoms with E-state index in [2.05, 4.69) is 4.74 Å². The number of Topliss-reactive ketones (excluding diaryl/α,β-unsaturated/α-hetero) is 1. The van der Waals surface area contributed by atoms with Crippen LogP contribution in [0.1, 0.15) is 18.1 Å². The molecule has 1 aromatic rings. The van der Waals surface area contributed by atoms with Crippen LogP contribution in [-0.4, -0.2) is 18.9 Å². The Hall–Kier alpha value is -1.82. The van der Waals surface area contributed by atoms with Crippen molar-refractivity contribution in [3.8, 4) is 0 Å². The zero-order valence-corrected chi connectivity index (χ0v) is 11.3. The van der Waals surface area contributed by atoms with Crippen molar-refractivity contribution < 1.29 is 27.5 Å². The molecule has 108 valence electrons. The van der Waals surface area contributed by atoms with Gasteiger partial charge < -0.3 is 4.74 Å². The van der Waals surface area contributed by atoms with Gasteiger partial charge in [0.25, 0.3) is 0 Å². The maximum atomic E-state index is 12.7. The highest BCUT2D eigenvalue weighted by atomic mass is 35.5. The van der Waals surface area contributed by atoms with Gasteiger partial charge in [-0.15, -0.1) is 0 Å². The SMILES string of the molecule is COC(=O)C(=Cc1ccc(Cl)c(C(F)(F)F)c1)C(C)=O. The van der Waals surface area contributed by atoms with E-state index in [-0.39, 0.29) is 11.1 Å². The molecule has 0 radical (unpaired) electrons. The van der Waals surface area contributed by atoms with Crippen molar-refractivity contribution in [3.63, 3.8) is 0 Å². The third-order valence-electron chi connectivity index (χ3n) is 2.39. The maximum Gasteiger partial charge on any atom is 0.417 e. The van der Waals surface area contributed by atoms with Gasteiger partial charge >= 0.3 is 12.1 Å². The number of ketones is 1. The number of rotatable bonds is 3. The van der Waals surface area contributed by atoms with Gasteiger partial charge in [0, 0.05) is 0 Å². The molecule has 0 atom stereocenters. The average Bonchev–Trinajstić information content (AvgIpc) is 2.35. The second-order valence-electron chi connectivity index (χ2n) is 3.84. The molecule has 7 heteroatoms. The highest BCUT2D eigenvalue weighted by molar-refractivity contribution is 6.31. The molecule has 0 saturated heterocycles. The fourth-order valence-corrected chi connectivity index (χ4v) is 1.66. The highest BCUT2D eigenvalue weighted by Gasteiger charge is 2.33. The van der Waals surface area contributed by atoms with Crippen LogP contribution in [-0.2, 0) is 20.5 Å². The fraction of sp³-hybridized carbons (Fsp3) is 0.231. The first kappa shape index (κ1) is 16.2. The number of carbonyl (C=O) groups excluding carboxylic acids is 2. The number of carbonyl (C=O) groups is 2. The van der Waals surface area contributed by atoms with Crippen molar-refractivity contribution in [1.82, 2.24) is 0 Å². The maximum absolute atomic E-state index is 12.7. The van der Waals surface area contributed by atoms with Crippen LogP contribution in [0, 0.1) is 0 Å². The van der Waals surface area contributed by atoms with E-state index in [1.54, 1.807) is 0 Å². The zero-order chi connectivity index (χ0) is 15.5. The van der Waals surface area contributed by atoms with Crippen molar-refractivity contribution in [1.29, 1.82) is 0 Å². The Kier molecular flexibility index (Phi) is 4.94. The summed E-state index contributed by atoms with van der Waals surface area (Å²) in [6.07, 6.45) is -3.59. The lowest BCUT2D eigenvalue weighted by atomic mass is 10.1. The number of hydrogen-bond acceptors (Lipinski definition) is 3. The summed E-state index contributed by atoms with van der Waals surface area (Å²) in [4.78, 5) is 22.6. The van der Waals surface area contributed by atoms with Gasteiger partial charge in [0.15, 0.2) is 5.78 Å². The van der Waals surface area contributed by atoms with E-state index in [0.29, 0.717) is 0 Å². The Morgan fingerprint density at radius 1 is 1.30 bits per heavy atom. The topological polar surface area (TPSA) is 43.4 Å². The standard InChI is InChI=1S/C13H10ClF3O3/c1-7(18)9(12(19)20-2)5-8-3-4-11(14)10(6-8)13(15,16)17/h3-6H,1-2H3. The van der Waals surface area contributed by atoms with Crippen LogP contribution in [0.5, 0.6) is 0 Å². The highest BCUT2D eigenvalue weighted by Crippen LogP contribution is 2.35. The lowest BCUT2D eigenvalue weighted by Gasteiger charge is -2.10. The van der Waals surface area contributed by atoms with Crippen LogP contribution in [0.15, 0.2) is 23.8 Å². The summed E-state index contributed by atoms with van der Waals surface area (Å²) in [5.74, 6) is -1.53. The number of esters is 1. The smallest absolute Gasteiger partial charge is 0.417 e. The van der Waals surface area contributed by atoms with E-state index < -0.39 is 28.5 Å². The Bertz CT molecular complexity index is 577. The van der Waals surface area contributed by atoms with Crippen molar-refractivity contribution in [3.05, 3.63) is 39.9 Å². The van der Waals surface area contributed by atoms with Crippen molar-refractivity contribution >= 4 is 29.4 Å². The normalized spacial score (nSPS) is 12.2. The van der Waals surface area contributed by atoms with Crippen LogP contribution in [0.2, 0.25) is 5.02 Å². The largest absolute Gasteiger partial charge is 0.465 e. The van der Waals surface area contributed by atoms with E-state index in [1.165, 1.54) is 6.07 Å². The molecule has 0 unspecified atom stereocenters. The van der Waals surface area contributed by atoms with Crippen LogP contribution >= 0.6 is 11.6 Å². The molecule has 0 aliphatic heterocycles. The van der Waals surface area contributed by atoms with Gasteiger partial charge in [-0.1, -0.05) is 17.7 Å². The number of alkyl halides is 3. The monoisotopic (exact) mass is 306 g/mol. The summed E-state index contributed by atoms with van der Waals surface area (Å²) in [7, 11) is 1.07. The summed E-state index contributed by atoms with van der Waals surface area (Å²) in [5.41, 5.74) is -1.36. The van der Waals surface area contributed by atoms with Gasteiger partial charge in [-0.2, -0.15) is 13.2 Å². The molecule has 0 bridgehead atoms. The summed E-state index contributed by atoms with van der Waals surface area (Å²) in [6, 6.07) is 3.07. The lowest BCUT2D eigenvalue weighted by Crippen LogP contribution is -2.11. The summed E-state index contributed by atoms with van der Waals surface area (Å²) < 4.78 is 42.4. The number of ether oxygens (including phenoxy) is 1. The molecule has 3 nitrogen and oxygen atoms in total. The van der Waals surface area contributed by atoms with Gasteiger partial charge in [-0.3, -0.25) is 4.79 Å².